The lowest BCUT2D eigenvalue weighted by atomic mass is 10.2. The highest BCUT2D eigenvalue weighted by Crippen LogP contribution is 2.21. The third-order valence-electron chi connectivity index (χ3n) is 4.00. The molecule has 0 bridgehead atoms. The lowest BCUT2D eigenvalue weighted by molar-refractivity contribution is 0.220. The average molecular weight is 271 g/mol. The maximum absolute atomic E-state index is 11.7. The van der Waals surface area contributed by atoms with Crippen molar-refractivity contribution in [2.75, 3.05) is 26.7 Å². The van der Waals surface area contributed by atoms with Gasteiger partial charge in [-0.05, 0) is 32.7 Å². The minimum Gasteiger partial charge on any atom is -0.396 e. The second-order valence-electron chi connectivity index (χ2n) is 5.44. The minimum absolute atomic E-state index is 0.0672. The molecule has 1 saturated carbocycles. The number of nitrogens with one attached hydrogen (secondary N) is 2. The molecule has 19 heavy (non-hydrogen) atoms. The van der Waals surface area contributed by atoms with Gasteiger partial charge in [-0.1, -0.05) is 19.8 Å². The van der Waals surface area contributed by atoms with Gasteiger partial charge in [0.1, 0.15) is 0 Å². The molecule has 0 heterocycles. The number of carbonyl (C=O) groups excluding carboxylic acids is 1. The van der Waals surface area contributed by atoms with Crippen molar-refractivity contribution in [3.63, 3.8) is 0 Å². The second-order valence-corrected chi connectivity index (χ2v) is 5.44. The number of aliphatic hydroxyl groups is 1. The number of carbonyl (C=O) groups is 1. The van der Waals surface area contributed by atoms with E-state index in [1.807, 2.05) is 6.92 Å². The van der Waals surface area contributed by atoms with Crippen LogP contribution in [-0.2, 0) is 0 Å². The first-order valence-corrected chi connectivity index (χ1v) is 7.52. The Balaban J connectivity index is 2.12. The lowest BCUT2D eigenvalue weighted by Gasteiger charge is -2.24. The molecule has 5 heteroatoms. The van der Waals surface area contributed by atoms with Crippen LogP contribution in [0.2, 0.25) is 0 Å². The number of likely N-dealkylation sites (N-methyl/N-ethyl adjacent to an activating group) is 1. The topological polar surface area (TPSA) is 64.6 Å². The van der Waals surface area contributed by atoms with E-state index in [2.05, 4.69) is 22.6 Å². The predicted octanol–water partition coefficient (Wildman–Crippen LogP) is 1.32. The summed E-state index contributed by atoms with van der Waals surface area (Å²) in [6.45, 7) is 3.70. The Kier molecular flexibility index (Phi) is 7.82. The summed E-state index contributed by atoms with van der Waals surface area (Å²) in [6, 6.07) is 0.639. The van der Waals surface area contributed by atoms with Crippen molar-refractivity contribution >= 4 is 6.03 Å². The molecule has 1 fully saturated rings. The highest BCUT2D eigenvalue weighted by Gasteiger charge is 2.19. The second kappa shape index (κ2) is 9.15. The van der Waals surface area contributed by atoms with Crippen LogP contribution >= 0.6 is 0 Å². The van der Waals surface area contributed by atoms with Gasteiger partial charge in [0.25, 0.3) is 0 Å². The monoisotopic (exact) mass is 271 g/mol. The molecule has 1 atom stereocenters. The van der Waals surface area contributed by atoms with Gasteiger partial charge in [0.05, 0.1) is 0 Å². The van der Waals surface area contributed by atoms with Crippen molar-refractivity contribution in [3.8, 4) is 0 Å². The first kappa shape index (κ1) is 16.2. The van der Waals surface area contributed by atoms with E-state index in [-0.39, 0.29) is 18.7 Å². The van der Waals surface area contributed by atoms with E-state index in [1.54, 1.807) is 0 Å². The van der Waals surface area contributed by atoms with E-state index in [0.29, 0.717) is 19.0 Å². The smallest absolute Gasteiger partial charge is 0.315 e. The molecule has 1 rings (SSSR count). The van der Waals surface area contributed by atoms with Crippen molar-refractivity contribution in [2.45, 2.75) is 57.5 Å². The summed E-state index contributed by atoms with van der Waals surface area (Å²) in [5.74, 6) is 0. The molecule has 0 aliphatic heterocycles. The molecule has 2 amide bonds. The van der Waals surface area contributed by atoms with Crippen LogP contribution in [0.5, 0.6) is 0 Å². The summed E-state index contributed by atoms with van der Waals surface area (Å²) in [5.41, 5.74) is 0. The van der Waals surface area contributed by atoms with Crippen LogP contribution < -0.4 is 10.6 Å². The van der Waals surface area contributed by atoms with E-state index >= 15 is 0 Å². The minimum atomic E-state index is -0.125. The fraction of sp³-hybridized carbons (Fsp3) is 0.929. The summed E-state index contributed by atoms with van der Waals surface area (Å²) in [4.78, 5) is 14.0. The SMILES string of the molecule is CCC(CCO)NC(=O)NCCN(C)C1CCCC1. The molecule has 0 saturated heterocycles. The van der Waals surface area contributed by atoms with Gasteiger partial charge in [-0.15, -0.1) is 0 Å². The molecular formula is C14H29N3O2. The highest BCUT2D eigenvalue weighted by molar-refractivity contribution is 5.74. The number of urea groups is 1. The molecule has 0 radical (unpaired) electrons. The maximum atomic E-state index is 11.7. The first-order chi connectivity index (χ1) is 9.17. The van der Waals surface area contributed by atoms with E-state index < -0.39 is 0 Å². The third kappa shape index (κ3) is 6.25. The van der Waals surface area contributed by atoms with Crippen LogP contribution in [-0.4, -0.2) is 54.9 Å². The maximum Gasteiger partial charge on any atom is 0.315 e. The Morgan fingerprint density at radius 1 is 1.42 bits per heavy atom. The van der Waals surface area contributed by atoms with E-state index in [1.165, 1.54) is 25.7 Å². The summed E-state index contributed by atoms with van der Waals surface area (Å²) in [5, 5.41) is 14.6. The predicted molar refractivity (Wildman–Crippen MR) is 77.2 cm³/mol. The van der Waals surface area contributed by atoms with Crippen molar-refractivity contribution in [1.82, 2.24) is 15.5 Å². The van der Waals surface area contributed by atoms with E-state index in [0.717, 1.165) is 13.0 Å². The molecule has 112 valence electrons. The zero-order valence-electron chi connectivity index (χ0n) is 12.3. The van der Waals surface area contributed by atoms with Crippen molar-refractivity contribution in [3.05, 3.63) is 0 Å². The standard InChI is InChI=1S/C14H29N3O2/c1-3-12(8-11-18)16-14(19)15-9-10-17(2)13-6-4-5-7-13/h12-13,18H,3-11H2,1-2H3,(H2,15,16,19). The number of amides is 2. The van der Waals surface area contributed by atoms with Crippen LogP contribution in [0.4, 0.5) is 4.79 Å². The molecule has 1 unspecified atom stereocenters. The van der Waals surface area contributed by atoms with Crippen molar-refractivity contribution in [2.24, 2.45) is 0 Å². The zero-order chi connectivity index (χ0) is 14.1. The Morgan fingerprint density at radius 2 is 2.11 bits per heavy atom. The number of rotatable bonds is 8. The Labute approximate surface area is 116 Å². The fourth-order valence-corrected chi connectivity index (χ4v) is 2.64. The quantitative estimate of drug-likeness (QED) is 0.624. The van der Waals surface area contributed by atoms with E-state index in [9.17, 15) is 4.79 Å². The Morgan fingerprint density at radius 3 is 2.68 bits per heavy atom. The van der Waals surface area contributed by atoms with Gasteiger partial charge >= 0.3 is 6.03 Å². The molecule has 0 aromatic heterocycles. The van der Waals surface area contributed by atoms with Crippen LogP contribution in [0.1, 0.15) is 45.4 Å². The van der Waals surface area contributed by atoms with Crippen molar-refractivity contribution < 1.29 is 9.90 Å². The molecule has 1 aliphatic carbocycles. The normalized spacial score (nSPS) is 17.7. The summed E-state index contributed by atoms with van der Waals surface area (Å²) in [6.07, 6.45) is 6.71. The molecule has 1 aliphatic rings. The Bertz CT molecular complexity index is 255. The van der Waals surface area contributed by atoms with Crippen LogP contribution in [0, 0.1) is 0 Å². The van der Waals surface area contributed by atoms with Gasteiger partial charge < -0.3 is 20.6 Å². The largest absolute Gasteiger partial charge is 0.396 e. The van der Waals surface area contributed by atoms with Crippen LogP contribution in [0.25, 0.3) is 0 Å². The lowest BCUT2D eigenvalue weighted by Crippen LogP contribution is -2.45. The summed E-state index contributed by atoms with van der Waals surface area (Å²) < 4.78 is 0. The van der Waals surface area contributed by atoms with Gasteiger partial charge in [0.2, 0.25) is 0 Å². The fourth-order valence-electron chi connectivity index (χ4n) is 2.64. The highest BCUT2D eigenvalue weighted by atomic mass is 16.3. The van der Waals surface area contributed by atoms with E-state index in [4.69, 9.17) is 5.11 Å². The molecule has 0 spiro atoms. The summed E-state index contributed by atoms with van der Waals surface area (Å²) >= 11 is 0. The van der Waals surface area contributed by atoms with Crippen LogP contribution in [0.15, 0.2) is 0 Å². The number of aliphatic hydroxyl groups excluding tert-OH is 1. The van der Waals surface area contributed by atoms with Gasteiger partial charge in [-0.2, -0.15) is 0 Å². The average Bonchev–Trinajstić information content (AvgIpc) is 2.92. The number of hydrogen-bond acceptors (Lipinski definition) is 3. The van der Waals surface area contributed by atoms with Gasteiger partial charge in [-0.3, -0.25) is 0 Å². The molecular weight excluding hydrogens is 242 g/mol. The molecule has 0 aromatic rings. The number of hydrogen-bond donors (Lipinski definition) is 3. The first-order valence-electron chi connectivity index (χ1n) is 7.52. The molecule has 3 N–H and O–H groups in total. The third-order valence-corrected chi connectivity index (χ3v) is 4.00. The molecule has 5 nitrogen and oxygen atoms in total. The van der Waals surface area contributed by atoms with Gasteiger partial charge in [-0.25, -0.2) is 4.79 Å². The zero-order valence-corrected chi connectivity index (χ0v) is 12.3. The van der Waals surface area contributed by atoms with Crippen molar-refractivity contribution in [1.29, 1.82) is 0 Å². The van der Waals surface area contributed by atoms with Gasteiger partial charge in [0.15, 0.2) is 0 Å². The Hall–Kier alpha value is -0.810. The number of nitrogens with zero attached hydrogens (tertiary/aromatic N) is 1. The van der Waals surface area contributed by atoms with Crippen LogP contribution in [0.3, 0.4) is 0 Å². The van der Waals surface area contributed by atoms with Gasteiger partial charge in [0, 0.05) is 31.8 Å². The molecule has 0 aromatic carbocycles. The summed E-state index contributed by atoms with van der Waals surface area (Å²) in [7, 11) is 2.14.